The molecule has 0 aliphatic rings. The lowest BCUT2D eigenvalue weighted by Gasteiger charge is -2.22. The highest BCUT2D eigenvalue weighted by molar-refractivity contribution is 5.33. The normalized spacial score (nSPS) is 13.8. The highest BCUT2D eigenvalue weighted by atomic mass is 16.5. The Morgan fingerprint density at radius 1 is 1.05 bits per heavy atom. The minimum absolute atomic E-state index is 0.287. The van der Waals surface area contributed by atoms with Gasteiger partial charge in [-0.2, -0.15) is 0 Å². The molecule has 0 bridgehead atoms. The fourth-order valence-corrected chi connectivity index (χ4v) is 2.21. The monoisotopic (exact) mass is 270 g/mol. The van der Waals surface area contributed by atoms with E-state index in [1.165, 1.54) is 5.56 Å². The molecule has 2 rings (SSSR count). The lowest BCUT2D eigenvalue weighted by atomic mass is 10.0. The summed E-state index contributed by atoms with van der Waals surface area (Å²) in [6.45, 7) is 6.04. The van der Waals surface area contributed by atoms with Crippen molar-refractivity contribution in [3.8, 4) is 5.75 Å². The molecule has 0 radical (unpaired) electrons. The van der Waals surface area contributed by atoms with Crippen LogP contribution < -0.4 is 4.74 Å². The molecular formula is C18H22O2. The molecule has 0 aliphatic heterocycles. The second-order valence-electron chi connectivity index (χ2n) is 5.14. The predicted octanol–water partition coefficient (Wildman–Crippen LogP) is 4.06. The summed E-state index contributed by atoms with van der Waals surface area (Å²) < 4.78 is 5.93. The van der Waals surface area contributed by atoms with Crippen LogP contribution in [0.3, 0.4) is 0 Å². The summed E-state index contributed by atoms with van der Waals surface area (Å²) >= 11 is 0. The Balaban J connectivity index is 2.11. The molecule has 1 N–H and O–H groups in total. The first-order valence-electron chi connectivity index (χ1n) is 7.11. The Labute approximate surface area is 121 Å². The van der Waals surface area contributed by atoms with Gasteiger partial charge in [0.05, 0.1) is 0 Å². The van der Waals surface area contributed by atoms with E-state index in [0.29, 0.717) is 0 Å². The highest BCUT2D eigenvalue weighted by Crippen LogP contribution is 2.25. The number of hydrogen-bond acceptors (Lipinski definition) is 2. The Bertz CT molecular complexity index is 546. The minimum atomic E-state index is -0.625. The maximum Gasteiger partial charge on any atom is 0.126 e. The number of aryl methyl sites for hydroxylation is 2. The van der Waals surface area contributed by atoms with E-state index in [9.17, 15) is 5.11 Å². The van der Waals surface area contributed by atoms with Gasteiger partial charge in [-0.25, -0.2) is 0 Å². The van der Waals surface area contributed by atoms with Gasteiger partial charge in [-0.05, 0) is 37.5 Å². The van der Waals surface area contributed by atoms with Gasteiger partial charge in [-0.15, -0.1) is 0 Å². The van der Waals surface area contributed by atoms with Gasteiger partial charge in [0, 0.05) is 0 Å². The van der Waals surface area contributed by atoms with Gasteiger partial charge >= 0.3 is 0 Å². The van der Waals surface area contributed by atoms with Gasteiger partial charge in [0.15, 0.2) is 0 Å². The summed E-state index contributed by atoms with van der Waals surface area (Å²) in [5, 5.41) is 10.4. The van der Waals surface area contributed by atoms with Crippen LogP contribution in [0.5, 0.6) is 5.75 Å². The van der Waals surface area contributed by atoms with Gasteiger partial charge < -0.3 is 9.84 Å². The molecule has 0 saturated carbocycles. The SMILES string of the molecule is CCc1ccccc1OC(C)C(O)c1ccc(C)cc1. The molecule has 20 heavy (non-hydrogen) atoms. The van der Waals surface area contributed by atoms with E-state index in [0.717, 1.165) is 23.3 Å². The standard InChI is InChI=1S/C18H22O2/c1-4-15-7-5-6-8-17(15)20-14(3)18(19)16-11-9-13(2)10-12-16/h5-12,14,18-19H,4H2,1-3H3. The number of hydrogen-bond donors (Lipinski definition) is 1. The van der Waals surface area contributed by atoms with E-state index >= 15 is 0 Å². The van der Waals surface area contributed by atoms with Crippen molar-refractivity contribution in [1.29, 1.82) is 0 Å². The summed E-state index contributed by atoms with van der Waals surface area (Å²) in [7, 11) is 0. The van der Waals surface area contributed by atoms with Crippen molar-refractivity contribution in [1.82, 2.24) is 0 Å². The van der Waals surface area contributed by atoms with E-state index < -0.39 is 6.10 Å². The second-order valence-corrected chi connectivity index (χ2v) is 5.14. The molecule has 2 heteroatoms. The number of rotatable bonds is 5. The average molecular weight is 270 g/mol. The van der Waals surface area contributed by atoms with Crippen LogP contribution in [0, 0.1) is 6.92 Å². The van der Waals surface area contributed by atoms with Crippen LogP contribution >= 0.6 is 0 Å². The van der Waals surface area contributed by atoms with Crippen molar-refractivity contribution in [2.24, 2.45) is 0 Å². The van der Waals surface area contributed by atoms with Crippen molar-refractivity contribution in [3.05, 3.63) is 65.2 Å². The van der Waals surface area contributed by atoms with Gasteiger partial charge in [0.1, 0.15) is 18.0 Å². The van der Waals surface area contributed by atoms with Crippen molar-refractivity contribution >= 4 is 0 Å². The van der Waals surface area contributed by atoms with E-state index in [-0.39, 0.29) is 6.10 Å². The number of aliphatic hydroxyl groups excluding tert-OH is 1. The molecule has 0 spiro atoms. The van der Waals surface area contributed by atoms with Gasteiger partial charge in [-0.3, -0.25) is 0 Å². The topological polar surface area (TPSA) is 29.5 Å². The first-order chi connectivity index (χ1) is 9.61. The third kappa shape index (κ3) is 3.40. The summed E-state index contributed by atoms with van der Waals surface area (Å²) in [6.07, 6.45) is 0.00897. The third-order valence-electron chi connectivity index (χ3n) is 3.53. The van der Waals surface area contributed by atoms with E-state index in [1.807, 2.05) is 56.3 Å². The number of ether oxygens (including phenoxy) is 1. The molecule has 2 unspecified atom stereocenters. The smallest absolute Gasteiger partial charge is 0.126 e. The molecule has 2 atom stereocenters. The molecule has 2 aromatic rings. The van der Waals surface area contributed by atoms with E-state index in [4.69, 9.17) is 4.74 Å². The Kier molecular flexibility index (Phi) is 4.80. The van der Waals surface area contributed by atoms with Crippen molar-refractivity contribution in [2.75, 3.05) is 0 Å². The van der Waals surface area contributed by atoms with Crippen LogP contribution in [0.15, 0.2) is 48.5 Å². The zero-order valence-electron chi connectivity index (χ0n) is 12.3. The third-order valence-corrected chi connectivity index (χ3v) is 3.53. The molecule has 0 aliphatic carbocycles. The summed E-state index contributed by atoms with van der Waals surface area (Å²) in [5.41, 5.74) is 3.23. The average Bonchev–Trinajstić information content (AvgIpc) is 2.48. The first-order valence-corrected chi connectivity index (χ1v) is 7.11. The van der Waals surface area contributed by atoms with Crippen molar-refractivity contribution in [3.63, 3.8) is 0 Å². The van der Waals surface area contributed by atoms with Crippen LogP contribution in [-0.4, -0.2) is 11.2 Å². The van der Waals surface area contributed by atoms with Gasteiger partial charge in [0.25, 0.3) is 0 Å². The lowest BCUT2D eigenvalue weighted by Crippen LogP contribution is -2.22. The molecule has 2 nitrogen and oxygen atoms in total. The minimum Gasteiger partial charge on any atom is -0.487 e. The van der Waals surface area contributed by atoms with Gasteiger partial charge in [-0.1, -0.05) is 55.0 Å². The molecule has 0 amide bonds. The molecular weight excluding hydrogens is 248 g/mol. The molecule has 106 valence electrons. The molecule has 0 heterocycles. The summed E-state index contributed by atoms with van der Waals surface area (Å²) in [4.78, 5) is 0. The fourth-order valence-electron chi connectivity index (χ4n) is 2.21. The van der Waals surface area contributed by atoms with Gasteiger partial charge in [0.2, 0.25) is 0 Å². The maximum atomic E-state index is 10.4. The first kappa shape index (κ1) is 14.6. The number of aliphatic hydroxyl groups is 1. The lowest BCUT2D eigenvalue weighted by molar-refractivity contribution is 0.0462. The number of benzene rings is 2. The number of para-hydroxylation sites is 1. The Morgan fingerprint density at radius 3 is 2.35 bits per heavy atom. The van der Waals surface area contributed by atoms with Crippen LogP contribution in [0.1, 0.15) is 36.6 Å². The predicted molar refractivity (Wildman–Crippen MR) is 82.0 cm³/mol. The van der Waals surface area contributed by atoms with Crippen LogP contribution in [0.2, 0.25) is 0 Å². The fraction of sp³-hybridized carbons (Fsp3) is 0.333. The maximum absolute atomic E-state index is 10.4. The van der Waals surface area contributed by atoms with Crippen LogP contribution in [-0.2, 0) is 6.42 Å². The second kappa shape index (κ2) is 6.58. The van der Waals surface area contributed by atoms with Crippen molar-refractivity contribution < 1.29 is 9.84 Å². The summed E-state index contributed by atoms with van der Waals surface area (Å²) in [6, 6.07) is 15.9. The highest BCUT2D eigenvalue weighted by Gasteiger charge is 2.18. The molecule has 0 fully saturated rings. The van der Waals surface area contributed by atoms with Crippen LogP contribution in [0.4, 0.5) is 0 Å². The van der Waals surface area contributed by atoms with Crippen molar-refractivity contribution in [2.45, 2.75) is 39.4 Å². The Hall–Kier alpha value is -1.80. The summed E-state index contributed by atoms with van der Waals surface area (Å²) in [5.74, 6) is 0.855. The largest absolute Gasteiger partial charge is 0.487 e. The van der Waals surface area contributed by atoms with E-state index in [2.05, 4.69) is 13.0 Å². The molecule has 0 aromatic heterocycles. The molecule has 2 aromatic carbocycles. The van der Waals surface area contributed by atoms with E-state index in [1.54, 1.807) is 0 Å². The zero-order valence-corrected chi connectivity index (χ0v) is 12.3. The molecule has 0 saturated heterocycles. The zero-order chi connectivity index (χ0) is 14.5. The quantitative estimate of drug-likeness (QED) is 0.888. The Morgan fingerprint density at radius 2 is 1.70 bits per heavy atom. The van der Waals surface area contributed by atoms with Crippen LogP contribution in [0.25, 0.3) is 0 Å².